The van der Waals surface area contributed by atoms with Crippen molar-refractivity contribution in [2.24, 2.45) is 0 Å². The second kappa shape index (κ2) is 8.12. The summed E-state index contributed by atoms with van der Waals surface area (Å²) in [6, 6.07) is 12.7. The molecule has 0 unspecified atom stereocenters. The van der Waals surface area contributed by atoms with Gasteiger partial charge in [-0.3, -0.25) is 0 Å². The summed E-state index contributed by atoms with van der Waals surface area (Å²) in [6.45, 7) is 2.48. The van der Waals surface area contributed by atoms with Crippen LogP contribution >= 0.6 is 23.2 Å². The molecule has 0 radical (unpaired) electrons. The SMILES string of the molecule is CCOc1ccccc1Nc1ncnc(Nc2ccc(Cl)cc2Cl)c1N. The van der Waals surface area contributed by atoms with Crippen LogP contribution < -0.4 is 21.1 Å². The Morgan fingerprint density at radius 1 is 1.00 bits per heavy atom. The molecule has 0 spiro atoms. The van der Waals surface area contributed by atoms with E-state index < -0.39 is 0 Å². The summed E-state index contributed by atoms with van der Waals surface area (Å²) >= 11 is 12.1. The van der Waals surface area contributed by atoms with Gasteiger partial charge in [0.25, 0.3) is 0 Å². The van der Waals surface area contributed by atoms with Crippen molar-refractivity contribution in [1.29, 1.82) is 0 Å². The van der Waals surface area contributed by atoms with Gasteiger partial charge in [0, 0.05) is 5.02 Å². The van der Waals surface area contributed by atoms with Gasteiger partial charge < -0.3 is 21.1 Å². The molecule has 0 aliphatic rings. The normalized spacial score (nSPS) is 10.4. The van der Waals surface area contributed by atoms with Crippen LogP contribution in [0.5, 0.6) is 5.75 Å². The fraction of sp³-hybridized carbons (Fsp3) is 0.111. The molecule has 0 amide bonds. The van der Waals surface area contributed by atoms with Gasteiger partial charge in [0.05, 0.1) is 23.0 Å². The van der Waals surface area contributed by atoms with Crippen molar-refractivity contribution >= 4 is 51.9 Å². The molecule has 0 fully saturated rings. The monoisotopic (exact) mass is 389 g/mol. The molecule has 6 nitrogen and oxygen atoms in total. The quantitative estimate of drug-likeness (QED) is 0.533. The molecular weight excluding hydrogens is 373 g/mol. The number of nitrogens with zero attached hydrogens (tertiary/aromatic N) is 2. The zero-order valence-corrected chi connectivity index (χ0v) is 15.5. The lowest BCUT2D eigenvalue weighted by Crippen LogP contribution is -2.06. The van der Waals surface area contributed by atoms with Gasteiger partial charge in [-0.15, -0.1) is 0 Å². The van der Waals surface area contributed by atoms with Crippen LogP contribution in [0.4, 0.5) is 28.7 Å². The molecule has 134 valence electrons. The average molecular weight is 390 g/mol. The summed E-state index contributed by atoms with van der Waals surface area (Å²) in [6.07, 6.45) is 1.41. The lowest BCUT2D eigenvalue weighted by Gasteiger charge is -2.15. The topological polar surface area (TPSA) is 85.1 Å². The summed E-state index contributed by atoms with van der Waals surface area (Å²) in [7, 11) is 0. The highest BCUT2D eigenvalue weighted by atomic mass is 35.5. The maximum atomic E-state index is 6.22. The van der Waals surface area contributed by atoms with Crippen LogP contribution in [-0.4, -0.2) is 16.6 Å². The zero-order chi connectivity index (χ0) is 18.5. The molecule has 26 heavy (non-hydrogen) atoms. The number of halogens is 2. The van der Waals surface area contributed by atoms with Gasteiger partial charge in [-0.05, 0) is 37.3 Å². The zero-order valence-electron chi connectivity index (χ0n) is 14.0. The first-order valence-electron chi connectivity index (χ1n) is 7.90. The fourth-order valence-electron chi connectivity index (χ4n) is 2.29. The number of anilines is 5. The van der Waals surface area contributed by atoms with E-state index in [0.717, 1.165) is 5.69 Å². The van der Waals surface area contributed by atoms with Crippen molar-refractivity contribution in [1.82, 2.24) is 9.97 Å². The van der Waals surface area contributed by atoms with Crippen LogP contribution in [0.15, 0.2) is 48.8 Å². The van der Waals surface area contributed by atoms with Crippen LogP contribution in [-0.2, 0) is 0 Å². The van der Waals surface area contributed by atoms with E-state index in [0.29, 0.717) is 45.4 Å². The molecule has 0 aliphatic heterocycles. The first kappa shape index (κ1) is 18.1. The fourth-order valence-corrected chi connectivity index (χ4v) is 2.75. The summed E-state index contributed by atoms with van der Waals surface area (Å²) in [5.41, 5.74) is 7.98. The van der Waals surface area contributed by atoms with Crippen LogP contribution in [0, 0.1) is 0 Å². The summed E-state index contributed by atoms with van der Waals surface area (Å²) in [5, 5.41) is 7.29. The highest BCUT2D eigenvalue weighted by molar-refractivity contribution is 6.36. The highest BCUT2D eigenvalue weighted by Gasteiger charge is 2.12. The van der Waals surface area contributed by atoms with Crippen LogP contribution in [0.2, 0.25) is 10.0 Å². The number of nitrogens with one attached hydrogen (secondary N) is 2. The molecule has 0 bridgehead atoms. The number of nitrogen functional groups attached to an aromatic ring is 1. The van der Waals surface area contributed by atoms with Crippen molar-refractivity contribution in [2.75, 3.05) is 23.0 Å². The number of ether oxygens (including phenoxy) is 1. The minimum absolute atomic E-state index is 0.352. The van der Waals surface area contributed by atoms with E-state index in [1.165, 1.54) is 6.33 Å². The van der Waals surface area contributed by atoms with Crippen molar-refractivity contribution in [3.05, 3.63) is 58.8 Å². The summed E-state index contributed by atoms with van der Waals surface area (Å²) in [5.74, 6) is 1.60. The minimum atomic E-state index is 0.352. The Hall–Kier alpha value is -2.70. The van der Waals surface area contributed by atoms with Gasteiger partial charge in [-0.1, -0.05) is 35.3 Å². The largest absolute Gasteiger partial charge is 0.492 e. The molecule has 2 aromatic carbocycles. The van der Waals surface area contributed by atoms with Gasteiger partial charge in [-0.2, -0.15) is 0 Å². The molecule has 0 atom stereocenters. The maximum absolute atomic E-state index is 6.22. The molecule has 0 saturated carbocycles. The molecule has 4 N–H and O–H groups in total. The highest BCUT2D eigenvalue weighted by Crippen LogP contribution is 2.34. The Balaban J connectivity index is 1.88. The Labute approximate surface area is 161 Å². The lowest BCUT2D eigenvalue weighted by atomic mass is 10.2. The van der Waals surface area contributed by atoms with Crippen LogP contribution in [0.3, 0.4) is 0 Å². The average Bonchev–Trinajstić information content (AvgIpc) is 2.62. The van der Waals surface area contributed by atoms with Crippen LogP contribution in [0.25, 0.3) is 0 Å². The molecule has 1 heterocycles. The lowest BCUT2D eigenvalue weighted by molar-refractivity contribution is 0.342. The number of hydrogen-bond donors (Lipinski definition) is 3. The number of para-hydroxylation sites is 2. The second-order valence-corrected chi connectivity index (χ2v) is 6.13. The van der Waals surface area contributed by atoms with E-state index in [9.17, 15) is 0 Å². The third-order valence-corrected chi connectivity index (χ3v) is 4.06. The van der Waals surface area contributed by atoms with E-state index >= 15 is 0 Å². The van der Waals surface area contributed by atoms with Gasteiger partial charge >= 0.3 is 0 Å². The van der Waals surface area contributed by atoms with Gasteiger partial charge in [-0.25, -0.2) is 9.97 Å². The molecule has 8 heteroatoms. The van der Waals surface area contributed by atoms with E-state index in [-0.39, 0.29) is 0 Å². The van der Waals surface area contributed by atoms with Gasteiger partial charge in [0.1, 0.15) is 17.8 Å². The smallest absolute Gasteiger partial charge is 0.159 e. The predicted molar refractivity (Wildman–Crippen MR) is 107 cm³/mol. The Kier molecular flexibility index (Phi) is 5.65. The molecule has 3 aromatic rings. The molecule has 0 aliphatic carbocycles. The van der Waals surface area contributed by atoms with Crippen LogP contribution in [0.1, 0.15) is 6.92 Å². The Bertz CT molecular complexity index is 920. The molecule has 0 saturated heterocycles. The Morgan fingerprint density at radius 2 is 1.69 bits per heavy atom. The van der Waals surface area contributed by atoms with Crippen molar-refractivity contribution in [2.45, 2.75) is 6.92 Å². The predicted octanol–water partition coefficient (Wildman–Crippen LogP) is 5.25. The molecule has 1 aromatic heterocycles. The molecular formula is C18H17Cl2N5O. The minimum Gasteiger partial charge on any atom is -0.492 e. The molecule has 3 rings (SSSR count). The van der Waals surface area contributed by atoms with E-state index in [1.807, 2.05) is 31.2 Å². The van der Waals surface area contributed by atoms with E-state index in [2.05, 4.69) is 20.6 Å². The number of rotatable bonds is 6. The number of benzene rings is 2. The van der Waals surface area contributed by atoms with Gasteiger partial charge in [0.2, 0.25) is 0 Å². The number of nitrogens with two attached hydrogens (primary N) is 1. The first-order chi connectivity index (χ1) is 12.6. The Morgan fingerprint density at radius 3 is 2.38 bits per heavy atom. The third-order valence-electron chi connectivity index (χ3n) is 3.51. The standard InChI is InChI=1S/C18H17Cl2N5O/c1-2-26-15-6-4-3-5-14(15)25-18-16(21)17(22-10-23-18)24-13-8-7-11(19)9-12(13)20/h3-10H,2,21H2,1H3,(H2,22,23,24,25). The van der Waals surface area contributed by atoms with Crippen molar-refractivity contribution < 1.29 is 4.74 Å². The van der Waals surface area contributed by atoms with Gasteiger partial charge in [0.15, 0.2) is 11.6 Å². The van der Waals surface area contributed by atoms with E-state index in [1.54, 1.807) is 18.2 Å². The summed E-state index contributed by atoms with van der Waals surface area (Å²) in [4.78, 5) is 8.40. The summed E-state index contributed by atoms with van der Waals surface area (Å²) < 4.78 is 5.61. The second-order valence-electron chi connectivity index (χ2n) is 5.29. The first-order valence-corrected chi connectivity index (χ1v) is 8.65. The van der Waals surface area contributed by atoms with E-state index in [4.69, 9.17) is 33.7 Å². The number of aromatic nitrogens is 2. The third kappa shape index (κ3) is 4.09. The van der Waals surface area contributed by atoms with Crippen molar-refractivity contribution in [3.8, 4) is 5.75 Å². The maximum Gasteiger partial charge on any atom is 0.159 e. The number of hydrogen-bond acceptors (Lipinski definition) is 6. The van der Waals surface area contributed by atoms with Crippen molar-refractivity contribution in [3.63, 3.8) is 0 Å².